The number of halogens is 1. The van der Waals surface area contributed by atoms with Crippen LogP contribution in [0.2, 0.25) is 0 Å². The Labute approximate surface area is 203 Å². The van der Waals surface area contributed by atoms with Crippen molar-refractivity contribution >= 4 is 22.7 Å². The molecule has 34 heavy (non-hydrogen) atoms. The lowest BCUT2D eigenvalue weighted by molar-refractivity contribution is 0.247. The number of hydrogen-bond donors (Lipinski definition) is 1. The first kappa shape index (κ1) is 21.9. The van der Waals surface area contributed by atoms with Crippen LogP contribution in [-0.4, -0.2) is 46.7 Å². The monoisotopic (exact) mass is 478 g/mol. The summed E-state index contributed by atoms with van der Waals surface area (Å²) in [6, 6.07) is 5.50. The Balaban J connectivity index is 1.37. The molecule has 3 aliphatic heterocycles. The Kier molecular flexibility index (Phi) is 5.15. The molecule has 2 fully saturated rings. The van der Waals surface area contributed by atoms with Crippen LogP contribution in [0.1, 0.15) is 65.4 Å². The Hall–Kier alpha value is -2.58. The highest BCUT2D eigenvalue weighted by Gasteiger charge is 2.37. The van der Waals surface area contributed by atoms with Gasteiger partial charge in [-0.05, 0) is 76.6 Å². The number of benzene rings is 1. The molecule has 0 saturated carbocycles. The van der Waals surface area contributed by atoms with Crippen LogP contribution >= 0.6 is 11.3 Å². The average Bonchev–Trinajstić information content (AvgIpc) is 3.49. The van der Waals surface area contributed by atoms with Crippen molar-refractivity contribution in [2.45, 2.75) is 53.0 Å². The number of anilines is 1. The van der Waals surface area contributed by atoms with Gasteiger partial charge in [0.15, 0.2) is 5.82 Å². The standard InChI is InChI=1S/C26H31FN6S/c1-15-17(3)34-25-22(15)23(29-16(2)24-31-30-18(4)33(24)25)19-5-6-21(20(27)13-19)32-11-8-26(9-12-32)7-10-28-14-26/h5-6,13,16,28H,7-12,14H2,1-4H3/t16-/m0/s1. The van der Waals surface area contributed by atoms with Gasteiger partial charge in [-0.3, -0.25) is 9.56 Å². The molecule has 0 bridgehead atoms. The zero-order valence-corrected chi connectivity index (χ0v) is 21.1. The second-order valence-corrected chi connectivity index (χ2v) is 11.3. The van der Waals surface area contributed by atoms with Crippen LogP contribution in [-0.2, 0) is 0 Å². The summed E-state index contributed by atoms with van der Waals surface area (Å²) in [7, 11) is 0. The van der Waals surface area contributed by atoms with Crippen LogP contribution in [0.3, 0.4) is 0 Å². The van der Waals surface area contributed by atoms with Crippen LogP contribution < -0.4 is 10.2 Å². The molecule has 1 aromatic carbocycles. The number of aromatic nitrogens is 3. The maximum absolute atomic E-state index is 15.6. The minimum atomic E-state index is -0.170. The molecule has 2 saturated heterocycles. The fourth-order valence-electron chi connectivity index (χ4n) is 5.84. The normalized spacial score (nSPS) is 21.4. The molecule has 8 heteroatoms. The number of aryl methyl sites for hydroxylation is 2. The summed E-state index contributed by atoms with van der Waals surface area (Å²) in [6.07, 6.45) is 3.50. The van der Waals surface area contributed by atoms with Crippen LogP contribution in [0, 0.1) is 32.0 Å². The first-order valence-electron chi connectivity index (χ1n) is 12.2. The average molecular weight is 479 g/mol. The summed E-state index contributed by atoms with van der Waals surface area (Å²) >= 11 is 1.73. The highest BCUT2D eigenvalue weighted by atomic mass is 32.1. The van der Waals surface area contributed by atoms with Gasteiger partial charge in [-0.1, -0.05) is 6.07 Å². The molecule has 2 aromatic heterocycles. The number of aliphatic imine (C=N–C) groups is 1. The molecular formula is C26H31FN6S. The minimum Gasteiger partial charge on any atom is -0.369 e. The molecule has 3 aliphatic rings. The van der Waals surface area contributed by atoms with E-state index < -0.39 is 0 Å². The quantitative estimate of drug-likeness (QED) is 0.570. The van der Waals surface area contributed by atoms with Gasteiger partial charge in [0.25, 0.3) is 0 Å². The number of nitrogens with one attached hydrogen (secondary N) is 1. The Bertz CT molecular complexity index is 1290. The molecule has 5 heterocycles. The SMILES string of the molecule is Cc1sc2c(c1C)C(c1ccc(N3CCC4(CCNC4)CC3)c(F)c1)=N[C@@H](C)c1nnc(C)n1-2. The van der Waals surface area contributed by atoms with E-state index in [1.807, 2.05) is 26.0 Å². The third kappa shape index (κ3) is 3.33. The van der Waals surface area contributed by atoms with Crippen LogP contribution in [0.4, 0.5) is 10.1 Å². The van der Waals surface area contributed by atoms with Crippen LogP contribution in [0.5, 0.6) is 0 Å². The fraction of sp³-hybridized carbons (Fsp3) is 0.500. The maximum Gasteiger partial charge on any atom is 0.162 e. The summed E-state index contributed by atoms with van der Waals surface area (Å²) in [4.78, 5) is 8.51. The van der Waals surface area contributed by atoms with Gasteiger partial charge in [0.1, 0.15) is 22.7 Å². The molecule has 1 N–H and O–H groups in total. The van der Waals surface area contributed by atoms with Crippen LogP contribution in [0.15, 0.2) is 23.2 Å². The molecular weight excluding hydrogens is 447 g/mol. The van der Waals surface area contributed by atoms with E-state index in [0.29, 0.717) is 11.1 Å². The molecule has 1 spiro atoms. The van der Waals surface area contributed by atoms with Gasteiger partial charge in [-0.2, -0.15) is 0 Å². The van der Waals surface area contributed by atoms with Gasteiger partial charge in [0, 0.05) is 35.6 Å². The molecule has 0 unspecified atom stereocenters. The summed E-state index contributed by atoms with van der Waals surface area (Å²) in [5.41, 5.74) is 5.03. The van der Waals surface area contributed by atoms with Crippen molar-refractivity contribution in [1.29, 1.82) is 0 Å². The molecule has 6 rings (SSSR count). The van der Waals surface area contributed by atoms with Gasteiger partial charge in [-0.25, -0.2) is 4.39 Å². The van der Waals surface area contributed by atoms with Crippen molar-refractivity contribution in [1.82, 2.24) is 20.1 Å². The van der Waals surface area contributed by atoms with Crippen molar-refractivity contribution in [2.24, 2.45) is 10.4 Å². The molecule has 0 radical (unpaired) electrons. The molecule has 0 aliphatic carbocycles. The number of hydrogen-bond acceptors (Lipinski definition) is 6. The van der Waals surface area contributed by atoms with E-state index in [4.69, 9.17) is 4.99 Å². The number of piperidine rings is 1. The lowest BCUT2D eigenvalue weighted by atomic mass is 9.77. The predicted molar refractivity (Wildman–Crippen MR) is 135 cm³/mol. The Morgan fingerprint density at radius 2 is 1.91 bits per heavy atom. The number of nitrogens with zero attached hydrogens (tertiary/aromatic N) is 5. The van der Waals surface area contributed by atoms with Gasteiger partial charge in [0.05, 0.1) is 11.4 Å². The molecule has 178 valence electrons. The third-order valence-corrected chi connectivity index (χ3v) is 9.26. The highest BCUT2D eigenvalue weighted by Crippen LogP contribution is 2.41. The van der Waals surface area contributed by atoms with Gasteiger partial charge >= 0.3 is 0 Å². The van der Waals surface area contributed by atoms with E-state index in [9.17, 15) is 0 Å². The second kappa shape index (κ2) is 7.99. The maximum atomic E-state index is 15.6. The van der Waals surface area contributed by atoms with Crippen molar-refractivity contribution in [2.75, 3.05) is 31.1 Å². The third-order valence-electron chi connectivity index (χ3n) is 8.07. The second-order valence-electron chi connectivity index (χ2n) is 10.1. The fourth-order valence-corrected chi connectivity index (χ4v) is 7.05. The summed E-state index contributed by atoms with van der Waals surface area (Å²) in [5.74, 6) is 1.51. The van der Waals surface area contributed by atoms with E-state index in [1.54, 1.807) is 17.4 Å². The lowest BCUT2D eigenvalue weighted by Crippen LogP contribution is -2.41. The summed E-state index contributed by atoms with van der Waals surface area (Å²) < 4.78 is 17.7. The van der Waals surface area contributed by atoms with E-state index in [2.05, 4.69) is 38.8 Å². The molecule has 6 nitrogen and oxygen atoms in total. The summed E-state index contributed by atoms with van der Waals surface area (Å²) in [5, 5.41) is 13.3. The van der Waals surface area contributed by atoms with Gasteiger partial charge in [-0.15, -0.1) is 21.5 Å². The van der Waals surface area contributed by atoms with E-state index in [-0.39, 0.29) is 11.9 Å². The van der Waals surface area contributed by atoms with Gasteiger partial charge < -0.3 is 10.2 Å². The van der Waals surface area contributed by atoms with Gasteiger partial charge in [0.2, 0.25) is 0 Å². The van der Waals surface area contributed by atoms with E-state index in [1.165, 1.54) is 16.9 Å². The first-order chi connectivity index (χ1) is 16.4. The number of fused-ring (bicyclic) bond motifs is 3. The topological polar surface area (TPSA) is 58.3 Å². The van der Waals surface area contributed by atoms with Crippen LogP contribution in [0.25, 0.3) is 5.00 Å². The first-order valence-corrected chi connectivity index (χ1v) is 13.0. The largest absolute Gasteiger partial charge is 0.369 e. The number of rotatable bonds is 2. The predicted octanol–water partition coefficient (Wildman–Crippen LogP) is 4.89. The Morgan fingerprint density at radius 1 is 1.12 bits per heavy atom. The zero-order valence-electron chi connectivity index (χ0n) is 20.3. The molecule has 3 aromatic rings. The molecule has 1 atom stereocenters. The minimum absolute atomic E-state index is 0.167. The highest BCUT2D eigenvalue weighted by molar-refractivity contribution is 7.15. The zero-order chi connectivity index (χ0) is 23.6. The summed E-state index contributed by atoms with van der Waals surface area (Å²) in [6.45, 7) is 12.3. The molecule has 0 amide bonds. The van der Waals surface area contributed by atoms with E-state index in [0.717, 1.165) is 72.5 Å². The van der Waals surface area contributed by atoms with Crippen molar-refractivity contribution in [3.05, 3.63) is 57.2 Å². The Morgan fingerprint density at radius 3 is 2.62 bits per heavy atom. The lowest BCUT2D eigenvalue weighted by Gasteiger charge is -2.40. The number of thiophene rings is 1. The van der Waals surface area contributed by atoms with Crippen molar-refractivity contribution < 1.29 is 4.39 Å². The van der Waals surface area contributed by atoms with E-state index >= 15 is 4.39 Å². The van der Waals surface area contributed by atoms with Crippen molar-refractivity contribution in [3.63, 3.8) is 0 Å². The van der Waals surface area contributed by atoms with Crippen molar-refractivity contribution in [3.8, 4) is 5.00 Å². The smallest absolute Gasteiger partial charge is 0.162 e.